The molecule has 1 aromatic rings. The minimum Gasteiger partial charge on any atom is -0.351 e. The van der Waals surface area contributed by atoms with Crippen molar-refractivity contribution in [3.8, 4) is 0 Å². The predicted octanol–water partition coefficient (Wildman–Crippen LogP) is 0.856. The van der Waals surface area contributed by atoms with Crippen LogP contribution in [0.3, 0.4) is 0 Å². The maximum absolute atomic E-state index is 12.6. The lowest BCUT2D eigenvalue weighted by molar-refractivity contribution is -0.129. The monoisotopic (exact) mass is 385 g/mol. The van der Waals surface area contributed by atoms with Crippen LogP contribution in [0.5, 0.6) is 0 Å². The Balaban J connectivity index is 1.61. The molecular formula is C16H23N3O4S2. The Bertz CT molecular complexity index is 725. The van der Waals surface area contributed by atoms with E-state index in [1.54, 1.807) is 11.3 Å². The fourth-order valence-corrected chi connectivity index (χ4v) is 5.16. The van der Waals surface area contributed by atoms with Crippen molar-refractivity contribution in [3.05, 3.63) is 22.4 Å². The molecular weight excluding hydrogens is 362 g/mol. The molecule has 2 aliphatic heterocycles. The van der Waals surface area contributed by atoms with Gasteiger partial charge in [-0.2, -0.15) is 0 Å². The van der Waals surface area contributed by atoms with E-state index in [0.29, 0.717) is 38.8 Å². The molecule has 25 heavy (non-hydrogen) atoms. The van der Waals surface area contributed by atoms with Crippen LogP contribution in [0.4, 0.5) is 0 Å². The van der Waals surface area contributed by atoms with Crippen molar-refractivity contribution >= 4 is 33.2 Å². The third-order valence-electron chi connectivity index (χ3n) is 4.87. The van der Waals surface area contributed by atoms with E-state index in [0.717, 1.165) is 4.88 Å². The highest BCUT2D eigenvalue weighted by atomic mass is 32.2. The Morgan fingerprint density at radius 3 is 2.64 bits per heavy atom. The van der Waals surface area contributed by atoms with E-state index in [-0.39, 0.29) is 29.8 Å². The van der Waals surface area contributed by atoms with E-state index in [2.05, 4.69) is 10.6 Å². The van der Waals surface area contributed by atoms with Crippen molar-refractivity contribution in [2.75, 3.05) is 19.3 Å². The number of nitrogens with one attached hydrogen (secondary N) is 2. The third-order valence-corrected chi connectivity index (χ3v) is 7.13. The summed E-state index contributed by atoms with van der Waals surface area (Å²) in [6, 6.07) is 3.57. The molecule has 3 rings (SSSR count). The molecule has 0 aromatic carbocycles. The molecule has 0 bridgehead atoms. The molecule has 0 aliphatic carbocycles. The van der Waals surface area contributed by atoms with E-state index in [9.17, 15) is 18.0 Å². The van der Waals surface area contributed by atoms with Crippen LogP contribution in [0, 0.1) is 5.92 Å². The highest BCUT2D eigenvalue weighted by Crippen LogP contribution is 2.28. The van der Waals surface area contributed by atoms with E-state index >= 15 is 0 Å². The molecule has 2 aliphatic rings. The van der Waals surface area contributed by atoms with Gasteiger partial charge in [0.15, 0.2) is 0 Å². The molecule has 9 heteroatoms. The minimum atomic E-state index is -3.19. The molecule has 2 N–H and O–H groups in total. The van der Waals surface area contributed by atoms with Crippen LogP contribution in [-0.2, 0) is 19.6 Å². The van der Waals surface area contributed by atoms with Gasteiger partial charge in [0.05, 0.1) is 18.3 Å². The van der Waals surface area contributed by atoms with Gasteiger partial charge in [0, 0.05) is 30.3 Å². The summed E-state index contributed by atoms with van der Waals surface area (Å²) in [5, 5.41) is 8.01. The zero-order valence-corrected chi connectivity index (χ0v) is 15.7. The van der Waals surface area contributed by atoms with Gasteiger partial charge in [-0.25, -0.2) is 12.7 Å². The van der Waals surface area contributed by atoms with Gasteiger partial charge >= 0.3 is 0 Å². The predicted molar refractivity (Wildman–Crippen MR) is 95.5 cm³/mol. The lowest BCUT2D eigenvalue weighted by Gasteiger charge is -2.35. The van der Waals surface area contributed by atoms with Gasteiger partial charge in [-0.15, -0.1) is 11.3 Å². The molecule has 2 saturated heterocycles. The van der Waals surface area contributed by atoms with Gasteiger partial charge in [-0.1, -0.05) is 6.07 Å². The Kier molecular flexibility index (Phi) is 5.45. The Hall–Kier alpha value is -1.45. The summed E-state index contributed by atoms with van der Waals surface area (Å²) in [6.45, 7) is 0.763. The maximum atomic E-state index is 12.6. The highest BCUT2D eigenvalue weighted by Gasteiger charge is 2.34. The lowest BCUT2D eigenvalue weighted by atomic mass is 9.93. The first-order valence-corrected chi connectivity index (χ1v) is 11.2. The van der Waals surface area contributed by atoms with Crippen LogP contribution in [0.15, 0.2) is 17.5 Å². The van der Waals surface area contributed by atoms with Crippen LogP contribution in [0.2, 0.25) is 0 Å². The average Bonchev–Trinajstić information content (AvgIpc) is 3.10. The van der Waals surface area contributed by atoms with E-state index in [1.165, 1.54) is 10.6 Å². The Labute approximate surface area is 151 Å². The standard InChI is InChI=1S/C16H23N3O4S2/c1-25(22,23)19-8-6-11(7-9-19)16(21)17-12-4-5-14(20)18-15(12)13-3-2-10-24-13/h2-3,10-12,15H,4-9H2,1H3,(H,17,21)(H,18,20)/t12-,15-/m1/s1. The summed E-state index contributed by atoms with van der Waals surface area (Å²) >= 11 is 1.56. The van der Waals surface area contributed by atoms with Crippen molar-refractivity contribution < 1.29 is 18.0 Å². The van der Waals surface area contributed by atoms with Crippen LogP contribution >= 0.6 is 11.3 Å². The number of nitrogens with zero attached hydrogens (tertiary/aromatic N) is 1. The number of hydrogen-bond acceptors (Lipinski definition) is 5. The lowest BCUT2D eigenvalue weighted by Crippen LogP contribution is -2.52. The fourth-order valence-electron chi connectivity index (χ4n) is 3.44. The van der Waals surface area contributed by atoms with Crippen molar-refractivity contribution in [1.29, 1.82) is 0 Å². The fraction of sp³-hybridized carbons (Fsp3) is 0.625. The zero-order chi connectivity index (χ0) is 18.0. The van der Waals surface area contributed by atoms with Crippen LogP contribution in [-0.4, -0.2) is 49.9 Å². The molecule has 0 radical (unpaired) electrons. The van der Waals surface area contributed by atoms with Gasteiger partial charge in [0.25, 0.3) is 0 Å². The van der Waals surface area contributed by atoms with Crippen molar-refractivity contribution in [2.45, 2.75) is 37.8 Å². The highest BCUT2D eigenvalue weighted by molar-refractivity contribution is 7.88. The molecule has 0 spiro atoms. The van der Waals surface area contributed by atoms with Gasteiger partial charge in [0.2, 0.25) is 21.8 Å². The number of piperidine rings is 2. The van der Waals surface area contributed by atoms with Crippen LogP contribution < -0.4 is 10.6 Å². The second kappa shape index (κ2) is 7.43. The molecule has 7 nitrogen and oxygen atoms in total. The summed E-state index contributed by atoms with van der Waals surface area (Å²) in [7, 11) is -3.19. The smallest absolute Gasteiger partial charge is 0.223 e. The first kappa shape index (κ1) is 18.3. The second-order valence-electron chi connectivity index (χ2n) is 6.65. The van der Waals surface area contributed by atoms with E-state index in [4.69, 9.17) is 0 Å². The molecule has 138 valence electrons. The number of amides is 2. The average molecular weight is 386 g/mol. The maximum Gasteiger partial charge on any atom is 0.223 e. The molecule has 2 amide bonds. The van der Waals surface area contributed by atoms with E-state index < -0.39 is 10.0 Å². The van der Waals surface area contributed by atoms with Crippen LogP contribution in [0.1, 0.15) is 36.6 Å². The number of carbonyl (C=O) groups excluding carboxylic acids is 2. The number of rotatable bonds is 4. The largest absolute Gasteiger partial charge is 0.351 e. The number of thiophene rings is 1. The summed E-state index contributed by atoms with van der Waals surface area (Å²) in [6.07, 6.45) is 3.27. The number of carbonyl (C=O) groups is 2. The second-order valence-corrected chi connectivity index (χ2v) is 9.61. The van der Waals surface area contributed by atoms with Crippen LogP contribution in [0.25, 0.3) is 0 Å². The normalized spacial score (nSPS) is 26.2. The van der Waals surface area contributed by atoms with Gasteiger partial charge in [0.1, 0.15) is 0 Å². The zero-order valence-electron chi connectivity index (χ0n) is 14.1. The third kappa shape index (κ3) is 4.39. The Morgan fingerprint density at radius 1 is 1.32 bits per heavy atom. The summed E-state index contributed by atoms with van der Waals surface area (Å²) in [5.74, 6) is -0.221. The van der Waals surface area contributed by atoms with Crippen molar-refractivity contribution in [3.63, 3.8) is 0 Å². The summed E-state index contributed by atoms with van der Waals surface area (Å²) < 4.78 is 24.6. The van der Waals surface area contributed by atoms with Gasteiger partial charge in [-0.05, 0) is 30.7 Å². The molecule has 3 heterocycles. The SMILES string of the molecule is CS(=O)(=O)N1CCC(C(=O)N[C@@H]2CCC(=O)N[C@H]2c2cccs2)CC1. The van der Waals surface area contributed by atoms with Gasteiger partial charge in [-0.3, -0.25) is 9.59 Å². The van der Waals surface area contributed by atoms with Crippen molar-refractivity contribution in [2.24, 2.45) is 5.92 Å². The molecule has 1 aromatic heterocycles. The first-order chi connectivity index (χ1) is 11.8. The van der Waals surface area contributed by atoms with Crippen molar-refractivity contribution in [1.82, 2.24) is 14.9 Å². The molecule has 2 fully saturated rings. The molecule has 0 saturated carbocycles. The topological polar surface area (TPSA) is 95.6 Å². The summed E-state index contributed by atoms with van der Waals surface area (Å²) in [5.41, 5.74) is 0. The quantitative estimate of drug-likeness (QED) is 0.803. The van der Waals surface area contributed by atoms with E-state index in [1.807, 2.05) is 17.5 Å². The first-order valence-electron chi connectivity index (χ1n) is 8.43. The Morgan fingerprint density at radius 2 is 2.04 bits per heavy atom. The number of sulfonamides is 1. The molecule has 0 unspecified atom stereocenters. The molecule has 2 atom stereocenters. The number of hydrogen-bond donors (Lipinski definition) is 2. The summed E-state index contributed by atoms with van der Waals surface area (Å²) in [4.78, 5) is 25.4. The minimum absolute atomic E-state index is 0.00496. The van der Waals surface area contributed by atoms with Gasteiger partial charge < -0.3 is 10.6 Å².